The normalized spacial score (nSPS) is 20.4. The van der Waals surface area contributed by atoms with E-state index >= 15 is 0 Å². The molecule has 10 heteroatoms. The van der Waals surface area contributed by atoms with Crippen LogP contribution in [0.3, 0.4) is 0 Å². The molecular formula is C21H34N4O5S. The van der Waals surface area contributed by atoms with Crippen LogP contribution in [0.4, 0.5) is 11.4 Å². The molecule has 3 rings (SSSR count). The van der Waals surface area contributed by atoms with Crippen LogP contribution >= 0.6 is 0 Å². The van der Waals surface area contributed by atoms with Gasteiger partial charge in [0, 0.05) is 44.8 Å². The molecule has 1 atom stereocenters. The fourth-order valence-corrected chi connectivity index (χ4v) is 5.85. The van der Waals surface area contributed by atoms with Gasteiger partial charge in [-0.05, 0) is 30.9 Å². The van der Waals surface area contributed by atoms with E-state index in [0.717, 1.165) is 38.8 Å². The van der Waals surface area contributed by atoms with Gasteiger partial charge in [0.05, 0.1) is 23.0 Å². The third-order valence-electron chi connectivity index (χ3n) is 6.15. The zero-order chi connectivity index (χ0) is 22.4. The van der Waals surface area contributed by atoms with E-state index in [4.69, 9.17) is 4.74 Å². The third kappa shape index (κ3) is 5.94. The molecule has 2 aliphatic rings. The maximum atomic E-state index is 13.1. The molecule has 31 heavy (non-hydrogen) atoms. The minimum absolute atomic E-state index is 0.0137. The van der Waals surface area contributed by atoms with E-state index < -0.39 is 14.9 Å². The Morgan fingerprint density at radius 2 is 1.74 bits per heavy atom. The summed E-state index contributed by atoms with van der Waals surface area (Å²) in [5, 5.41) is 15.0. The highest BCUT2D eigenvalue weighted by molar-refractivity contribution is 7.89. The Morgan fingerprint density at radius 3 is 2.32 bits per heavy atom. The van der Waals surface area contributed by atoms with Gasteiger partial charge in [0.1, 0.15) is 5.69 Å². The van der Waals surface area contributed by atoms with Gasteiger partial charge in [-0.25, -0.2) is 8.42 Å². The molecule has 0 amide bonds. The lowest BCUT2D eigenvalue weighted by molar-refractivity contribution is -0.384. The summed E-state index contributed by atoms with van der Waals surface area (Å²) in [7, 11) is -3.74. The lowest BCUT2D eigenvalue weighted by Crippen LogP contribution is -2.49. The number of ether oxygens (including phenoxy) is 1. The summed E-state index contributed by atoms with van der Waals surface area (Å²) >= 11 is 0. The van der Waals surface area contributed by atoms with Crippen LogP contribution in [0.2, 0.25) is 0 Å². The molecule has 1 aromatic rings. The molecule has 2 heterocycles. The summed E-state index contributed by atoms with van der Waals surface area (Å²) in [5.74, 6) is 0.354. The van der Waals surface area contributed by atoms with Crippen LogP contribution in [0.15, 0.2) is 23.1 Å². The average molecular weight is 455 g/mol. The summed E-state index contributed by atoms with van der Waals surface area (Å²) in [6.45, 7) is 8.77. The predicted molar refractivity (Wildman–Crippen MR) is 120 cm³/mol. The Labute approximate surface area is 184 Å². The minimum atomic E-state index is -3.74. The van der Waals surface area contributed by atoms with Crippen molar-refractivity contribution in [2.45, 2.75) is 50.5 Å². The van der Waals surface area contributed by atoms with Crippen molar-refractivity contribution in [3.63, 3.8) is 0 Å². The Hall–Kier alpha value is -1.75. The monoisotopic (exact) mass is 454 g/mol. The molecule has 2 saturated heterocycles. The molecule has 0 aromatic heterocycles. The molecule has 9 nitrogen and oxygen atoms in total. The molecule has 1 N–H and O–H groups in total. The largest absolute Gasteiger partial charge is 0.379 e. The van der Waals surface area contributed by atoms with Gasteiger partial charge in [-0.1, -0.05) is 26.7 Å². The maximum Gasteiger partial charge on any atom is 0.293 e. The van der Waals surface area contributed by atoms with Gasteiger partial charge in [-0.3, -0.25) is 15.0 Å². The van der Waals surface area contributed by atoms with Crippen LogP contribution in [0, 0.1) is 16.0 Å². The molecule has 1 aromatic carbocycles. The molecule has 0 saturated carbocycles. The quantitative estimate of drug-likeness (QED) is 0.476. The van der Waals surface area contributed by atoms with E-state index in [0.29, 0.717) is 44.5 Å². The highest BCUT2D eigenvalue weighted by Crippen LogP contribution is 2.30. The van der Waals surface area contributed by atoms with Crippen molar-refractivity contribution in [3.05, 3.63) is 28.3 Å². The van der Waals surface area contributed by atoms with Crippen molar-refractivity contribution < 1.29 is 18.1 Å². The standard InChI is InChI=1S/C21H34N4O5S/c1-17(2)21(23-11-13-30-14-12-23)16-22-19-8-7-18(15-20(19)25(26)27)31(28,29)24-9-5-3-4-6-10-24/h7-8,15,17,21-22H,3-6,9-14,16H2,1-2H3/t21-/m0/s1. The fraction of sp³-hybridized carbons (Fsp3) is 0.714. The smallest absolute Gasteiger partial charge is 0.293 e. The molecule has 0 spiro atoms. The van der Waals surface area contributed by atoms with Crippen molar-refractivity contribution in [2.75, 3.05) is 51.3 Å². The van der Waals surface area contributed by atoms with Crippen LogP contribution < -0.4 is 5.32 Å². The summed E-state index contributed by atoms with van der Waals surface area (Å²) in [6, 6.07) is 4.40. The first-order valence-corrected chi connectivity index (χ1v) is 12.6. The topological polar surface area (TPSA) is 105 Å². The second-order valence-electron chi connectivity index (χ2n) is 8.59. The number of nitro benzene ring substituents is 1. The van der Waals surface area contributed by atoms with Crippen LogP contribution in [-0.4, -0.2) is 74.5 Å². The Bertz CT molecular complexity index is 847. The van der Waals surface area contributed by atoms with E-state index in [1.54, 1.807) is 0 Å². The Balaban J connectivity index is 1.79. The molecular weight excluding hydrogens is 420 g/mol. The van der Waals surface area contributed by atoms with Crippen molar-refractivity contribution >= 4 is 21.4 Å². The van der Waals surface area contributed by atoms with Gasteiger partial charge >= 0.3 is 0 Å². The number of hydrogen-bond donors (Lipinski definition) is 1. The first-order chi connectivity index (χ1) is 14.8. The number of sulfonamides is 1. The highest BCUT2D eigenvalue weighted by Gasteiger charge is 2.29. The van der Waals surface area contributed by atoms with E-state index in [1.807, 2.05) is 0 Å². The zero-order valence-corrected chi connectivity index (χ0v) is 19.3. The molecule has 174 valence electrons. The maximum absolute atomic E-state index is 13.1. The number of nitro groups is 1. The molecule has 2 fully saturated rings. The van der Waals surface area contributed by atoms with Crippen molar-refractivity contribution in [1.29, 1.82) is 0 Å². The summed E-state index contributed by atoms with van der Waals surface area (Å²) in [5.41, 5.74) is 0.138. The predicted octanol–water partition coefficient (Wildman–Crippen LogP) is 2.93. The number of anilines is 1. The average Bonchev–Trinajstić information content (AvgIpc) is 3.04. The van der Waals surface area contributed by atoms with Crippen molar-refractivity contribution in [2.24, 2.45) is 5.92 Å². The van der Waals surface area contributed by atoms with Crippen LogP contribution in [-0.2, 0) is 14.8 Å². The molecule has 0 radical (unpaired) electrons. The van der Waals surface area contributed by atoms with Crippen LogP contribution in [0.1, 0.15) is 39.5 Å². The number of nitrogens with one attached hydrogen (secondary N) is 1. The van der Waals surface area contributed by atoms with E-state index in [-0.39, 0.29) is 16.6 Å². The zero-order valence-electron chi connectivity index (χ0n) is 18.5. The second-order valence-corrected chi connectivity index (χ2v) is 10.5. The van der Waals surface area contributed by atoms with Gasteiger partial charge < -0.3 is 10.1 Å². The lowest BCUT2D eigenvalue weighted by Gasteiger charge is -2.37. The van der Waals surface area contributed by atoms with Crippen LogP contribution in [0.5, 0.6) is 0 Å². The highest BCUT2D eigenvalue weighted by atomic mass is 32.2. The van der Waals surface area contributed by atoms with E-state index in [9.17, 15) is 18.5 Å². The number of nitrogens with zero attached hydrogens (tertiary/aromatic N) is 3. The number of benzene rings is 1. The molecule has 2 aliphatic heterocycles. The van der Waals surface area contributed by atoms with Gasteiger partial charge in [0.2, 0.25) is 10.0 Å². The fourth-order valence-electron chi connectivity index (χ4n) is 4.31. The number of morpholine rings is 1. The summed E-state index contributed by atoms with van der Waals surface area (Å²) in [4.78, 5) is 13.6. The van der Waals surface area contributed by atoms with Crippen molar-refractivity contribution in [1.82, 2.24) is 9.21 Å². The van der Waals surface area contributed by atoms with E-state index in [1.165, 1.54) is 22.5 Å². The number of rotatable bonds is 8. The Morgan fingerprint density at radius 1 is 1.10 bits per heavy atom. The Kier molecular flexibility index (Phi) is 8.26. The van der Waals surface area contributed by atoms with Gasteiger partial charge in [0.25, 0.3) is 5.69 Å². The first-order valence-electron chi connectivity index (χ1n) is 11.1. The second kappa shape index (κ2) is 10.7. The molecule has 0 unspecified atom stereocenters. The summed E-state index contributed by atoms with van der Waals surface area (Å²) in [6.07, 6.45) is 3.66. The molecule has 0 bridgehead atoms. The van der Waals surface area contributed by atoms with Crippen molar-refractivity contribution in [3.8, 4) is 0 Å². The summed E-state index contributed by atoms with van der Waals surface area (Å²) < 4.78 is 33.0. The van der Waals surface area contributed by atoms with Crippen LogP contribution in [0.25, 0.3) is 0 Å². The lowest BCUT2D eigenvalue weighted by atomic mass is 10.0. The SMILES string of the molecule is CC(C)[C@H](CNc1ccc(S(=O)(=O)N2CCCCCC2)cc1[N+](=O)[O-])N1CCOCC1. The van der Waals surface area contributed by atoms with E-state index in [2.05, 4.69) is 24.1 Å². The number of hydrogen-bond acceptors (Lipinski definition) is 7. The van der Waals surface area contributed by atoms with Gasteiger partial charge in [-0.2, -0.15) is 4.31 Å². The van der Waals surface area contributed by atoms with Gasteiger partial charge in [-0.15, -0.1) is 0 Å². The third-order valence-corrected chi connectivity index (χ3v) is 8.05. The minimum Gasteiger partial charge on any atom is -0.379 e. The molecule has 0 aliphatic carbocycles. The van der Waals surface area contributed by atoms with Gasteiger partial charge in [0.15, 0.2) is 0 Å². The first kappa shape index (κ1) is 23.9.